The Morgan fingerprint density at radius 3 is 2.16 bits per heavy atom. The smallest absolute Gasteiger partial charge is 0.321 e. The van der Waals surface area contributed by atoms with Gasteiger partial charge in [-0.2, -0.15) is 0 Å². The van der Waals surface area contributed by atoms with Crippen molar-refractivity contribution in [3.63, 3.8) is 0 Å². The number of hydrogen-bond acceptors (Lipinski definition) is 3. The third-order valence-electron chi connectivity index (χ3n) is 2.68. The maximum Gasteiger partial charge on any atom is 0.321 e. The standard InChI is InChI=1S/C15H15NO3/c1-3-9-16(10-4-2)14(15(18)19)11-12-5-7-13(17)8-6-12/h1-2,5-8,14,17H,9-11H2,(H,18,19)/t14-/m0/s1. The monoisotopic (exact) mass is 257 g/mol. The Labute approximate surface area is 112 Å². The van der Waals surface area contributed by atoms with Crippen molar-refractivity contribution in [1.82, 2.24) is 4.90 Å². The lowest BCUT2D eigenvalue weighted by molar-refractivity contribution is -0.142. The maximum absolute atomic E-state index is 11.3. The molecule has 1 rings (SSSR count). The van der Waals surface area contributed by atoms with Crippen molar-refractivity contribution < 1.29 is 15.0 Å². The molecular weight excluding hydrogens is 242 g/mol. The fourth-order valence-electron chi connectivity index (χ4n) is 1.74. The Balaban J connectivity index is 2.88. The fraction of sp³-hybridized carbons (Fsp3) is 0.267. The summed E-state index contributed by atoms with van der Waals surface area (Å²) in [5, 5.41) is 18.5. The van der Waals surface area contributed by atoms with E-state index >= 15 is 0 Å². The van der Waals surface area contributed by atoms with Gasteiger partial charge in [0.2, 0.25) is 0 Å². The highest BCUT2D eigenvalue weighted by Crippen LogP contribution is 2.14. The predicted octanol–water partition coefficient (Wildman–Crippen LogP) is 0.956. The summed E-state index contributed by atoms with van der Waals surface area (Å²) in [7, 11) is 0. The molecule has 0 fully saturated rings. The number of benzene rings is 1. The van der Waals surface area contributed by atoms with Crippen molar-refractivity contribution in [2.24, 2.45) is 0 Å². The summed E-state index contributed by atoms with van der Waals surface area (Å²) < 4.78 is 0. The van der Waals surface area contributed by atoms with E-state index in [9.17, 15) is 15.0 Å². The van der Waals surface area contributed by atoms with Gasteiger partial charge in [-0.3, -0.25) is 9.69 Å². The van der Waals surface area contributed by atoms with Gasteiger partial charge in [-0.25, -0.2) is 0 Å². The highest BCUT2D eigenvalue weighted by atomic mass is 16.4. The molecule has 0 saturated heterocycles. The number of phenols is 1. The Morgan fingerprint density at radius 2 is 1.74 bits per heavy atom. The van der Waals surface area contributed by atoms with Crippen molar-refractivity contribution in [3.05, 3.63) is 29.8 Å². The molecule has 1 aromatic carbocycles. The molecule has 1 aromatic rings. The van der Waals surface area contributed by atoms with Crippen LogP contribution in [-0.2, 0) is 11.2 Å². The lowest BCUT2D eigenvalue weighted by Gasteiger charge is -2.25. The molecule has 0 radical (unpaired) electrons. The van der Waals surface area contributed by atoms with Crippen molar-refractivity contribution >= 4 is 5.97 Å². The quantitative estimate of drug-likeness (QED) is 0.745. The van der Waals surface area contributed by atoms with Crippen LogP contribution < -0.4 is 0 Å². The van der Waals surface area contributed by atoms with Crippen LogP contribution >= 0.6 is 0 Å². The molecule has 0 amide bonds. The molecule has 0 aromatic heterocycles. The van der Waals surface area contributed by atoms with Gasteiger partial charge < -0.3 is 10.2 Å². The van der Waals surface area contributed by atoms with E-state index in [4.69, 9.17) is 12.8 Å². The number of carboxylic acids is 1. The summed E-state index contributed by atoms with van der Waals surface area (Å²) in [6.07, 6.45) is 10.7. The summed E-state index contributed by atoms with van der Waals surface area (Å²) in [4.78, 5) is 12.9. The van der Waals surface area contributed by atoms with Gasteiger partial charge in [-0.15, -0.1) is 12.8 Å². The molecule has 0 aliphatic heterocycles. The molecule has 19 heavy (non-hydrogen) atoms. The second kappa shape index (κ2) is 7.10. The minimum absolute atomic E-state index is 0.139. The molecular formula is C15H15NO3. The van der Waals surface area contributed by atoms with Gasteiger partial charge in [-0.1, -0.05) is 24.0 Å². The van der Waals surface area contributed by atoms with Crippen molar-refractivity contribution in [2.75, 3.05) is 13.1 Å². The molecule has 0 unspecified atom stereocenters. The molecule has 0 aliphatic rings. The van der Waals surface area contributed by atoms with Gasteiger partial charge in [-0.05, 0) is 24.1 Å². The normalized spacial score (nSPS) is 11.5. The number of hydrogen-bond donors (Lipinski definition) is 2. The van der Waals surface area contributed by atoms with E-state index in [0.29, 0.717) is 0 Å². The van der Waals surface area contributed by atoms with Crippen LogP contribution in [0.15, 0.2) is 24.3 Å². The Hall–Kier alpha value is -2.43. The van der Waals surface area contributed by atoms with Crippen LogP contribution in [-0.4, -0.2) is 40.2 Å². The maximum atomic E-state index is 11.3. The van der Waals surface area contributed by atoms with Crippen molar-refractivity contribution in [2.45, 2.75) is 12.5 Å². The second-order valence-corrected chi connectivity index (χ2v) is 4.04. The Morgan fingerprint density at radius 1 is 1.21 bits per heavy atom. The molecule has 1 atom stereocenters. The van der Waals surface area contributed by atoms with Crippen LogP contribution in [0.3, 0.4) is 0 Å². The first kappa shape index (κ1) is 14.6. The highest BCUT2D eigenvalue weighted by molar-refractivity contribution is 5.74. The lowest BCUT2D eigenvalue weighted by Crippen LogP contribution is -2.43. The number of aromatic hydroxyl groups is 1. The lowest BCUT2D eigenvalue weighted by atomic mass is 10.0. The van der Waals surface area contributed by atoms with Gasteiger partial charge in [0.1, 0.15) is 11.8 Å². The number of phenolic OH excluding ortho intramolecular Hbond substituents is 1. The third kappa shape index (κ3) is 4.39. The van der Waals surface area contributed by atoms with E-state index in [1.54, 1.807) is 17.0 Å². The highest BCUT2D eigenvalue weighted by Gasteiger charge is 2.24. The number of terminal acetylenes is 2. The first-order valence-corrected chi connectivity index (χ1v) is 5.70. The van der Waals surface area contributed by atoms with Crippen LogP contribution in [0, 0.1) is 24.7 Å². The average molecular weight is 257 g/mol. The Kier molecular flexibility index (Phi) is 5.47. The summed E-state index contributed by atoms with van der Waals surface area (Å²) in [6, 6.07) is 5.60. The van der Waals surface area contributed by atoms with Gasteiger partial charge in [0.15, 0.2) is 0 Å². The SMILES string of the molecule is C#CCN(CC#C)[C@@H](Cc1ccc(O)cc1)C(=O)O. The first-order valence-electron chi connectivity index (χ1n) is 5.70. The van der Waals surface area contributed by atoms with E-state index in [0.717, 1.165) is 5.56 Å². The second-order valence-electron chi connectivity index (χ2n) is 4.04. The minimum Gasteiger partial charge on any atom is -0.508 e. The van der Waals surface area contributed by atoms with Crippen LogP contribution in [0.5, 0.6) is 5.75 Å². The zero-order valence-electron chi connectivity index (χ0n) is 10.4. The van der Waals surface area contributed by atoms with Crippen LogP contribution in [0.4, 0.5) is 0 Å². The van der Waals surface area contributed by atoms with Crippen molar-refractivity contribution in [3.8, 4) is 30.4 Å². The van der Waals surface area contributed by atoms with Gasteiger partial charge in [0.25, 0.3) is 0 Å². The molecule has 2 N–H and O–H groups in total. The molecule has 0 bridgehead atoms. The number of carbonyl (C=O) groups is 1. The minimum atomic E-state index is -0.974. The first-order chi connectivity index (χ1) is 9.08. The fourth-order valence-corrected chi connectivity index (χ4v) is 1.74. The molecule has 0 heterocycles. The molecule has 0 spiro atoms. The van der Waals surface area contributed by atoms with Gasteiger partial charge >= 0.3 is 5.97 Å². The third-order valence-corrected chi connectivity index (χ3v) is 2.68. The average Bonchev–Trinajstić information content (AvgIpc) is 2.37. The van der Waals surface area contributed by atoms with Crippen molar-refractivity contribution in [1.29, 1.82) is 0 Å². The van der Waals surface area contributed by atoms with Crippen LogP contribution in [0.1, 0.15) is 5.56 Å². The molecule has 0 aliphatic carbocycles. The van der Waals surface area contributed by atoms with E-state index < -0.39 is 12.0 Å². The summed E-state index contributed by atoms with van der Waals surface area (Å²) in [6.45, 7) is 0.360. The zero-order valence-corrected chi connectivity index (χ0v) is 10.4. The van der Waals surface area contributed by atoms with E-state index in [1.807, 2.05) is 0 Å². The van der Waals surface area contributed by atoms with Crippen LogP contribution in [0.2, 0.25) is 0 Å². The van der Waals surface area contributed by atoms with Gasteiger partial charge in [0.05, 0.1) is 13.1 Å². The summed E-state index contributed by atoms with van der Waals surface area (Å²) in [5.41, 5.74) is 0.796. The Bertz CT molecular complexity index is 492. The number of aliphatic carboxylic acids is 1. The molecule has 4 nitrogen and oxygen atoms in total. The van der Waals surface area contributed by atoms with Gasteiger partial charge in [0, 0.05) is 0 Å². The van der Waals surface area contributed by atoms with E-state index in [2.05, 4.69) is 11.8 Å². The zero-order chi connectivity index (χ0) is 14.3. The number of rotatable bonds is 6. The number of nitrogens with zero attached hydrogens (tertiary/aromatic N) is 1. The molecule has 98 valence electrons. The summed E-state index contributed by atoms with van der Waals surface area (Å²) in [5.74, 6) is 3.98. The number of carboxylic acid groups (broad SMARTS) is 1. The topological polar surface area (TPSA) is 60.8 Å². The molecule has 0 saturated carbocycles. The molecule has 4 heteroatoms. The summed E-state index contributed by atoms with van der Waals surface area (Å²) >= 11 is 0. The van der Waals surface area contributed by atoms with E-state index in [1.165, 1.54) is 12.1 Å². The largest absolute Gasteiger partial charge is 0.508 e. The van der Waals surface area contributed by atoms with E-state index in [-0.39, 0.29) is 25.3 Å². The predicted molar refractivity (Wildman–Crippen MR) is 72.5 cm³/mol. The van der Waals surface area contributed by atoms with Crippen LogP contribution in [0.25, 0.3) is 0 Å².